The smallest absolute Gasteiger partial charge is 0.330 e. The van der Waals surface area contributed by atoms with Crippen molar-refractivity contribution in [3.05, 3.63) is 33.1 Å². The fourth-order valence-corrected chi connectivity index (χ4v) is 3.01. The molecule has 1 aromatic heterocycles. The summed E-state index contributed by atoms with van der Waals surface area (Å²) in [6.07, 6.45) is -3.05. The molecule has 1 aromatic rings. The Hall–Kier alpha value is -1.85. The van der Waals surface area contributed by atoms with Gasteiger partial charge in [0.1, 0.15) is 31.2 Å². The fourth-order valence-electron chi connectivity index (χ4n) is 2.14. The van der Waals surface area contributed by atoms with Crippen molar-refractivity contribution in [2.24, 2.45) is 0 Å². The molecule has 3 N–H and O–H groups in total. The third-order valence-electron chi connectivity index (χ3n) is 3.62. The summed E-state index contributed by atoms with van der Waals surface area (Å²) in [6.45, 7) is 4.55. The van der Waals surface area contributed by atoms with Gasteiger partial charge in [-0.2, -0.15) is 0 Å². The van der Waals surface area contributed by atoms with Gasteiger partial charge in [-0.15, -0.1) is 0 Å². The molecule has 0 fully saturated rings. The molecule has 0 aliphatic carbocycles. The Morgan fingerprint density at radius 2 is 2.00 bits per heavy atom. The van der Waals surface area contributed by atoms with Crippen LogP contribution in [-0.4, -0.2) is 58.3 Å². The highest BCUT2D eigenvalue weighted by Crippen LogP contribution is 2.21. The van der Waals surface area contributed by atoms with E-state index in [0.29, 0.717) is 0 Å². The molecule has 0 aromatic carbocycles. The summed E-state index contributed by atoms with van der Waals surface area (Å²) in [7, 11) is -2.95. The number of aromatic nitrogens is 2. The molecular formula is C16H27FN3O8P. The topological polar surface area (TPSA) is 149 Å². The summed E-state index contributed by atoms with van der Waals surface area (Å²) in [6, 6.07) is 0.187. The zero-order chi connectivity index (χ0) is 22.1. The maximum absolute atomic E-state index is 12.9. The molecule has 0 aliphatic heterocycles. The van der Waals surface area contributed by atoms with Crippen molar-refractivity contribution in [2.45, 2.75) is 58.3 Å². The molecule has 1 heterocycles. The number of rotatable bonds is 12. The predicted molar refractivity (Wildman–Crippen MR) is 102 cm³/mol. The number of alkyl halides is 1. The Bertz CT molecular complexity index is 799. The summed E-state index contributed by atoms with van der Waals surface area (Å²) in [5, 5.41) is 12.2. The van der Waals surface area contributed by atoms with E-state index in [1.807, 2.05) is 4.98 Å². The van der Waals surface area contributed by atoms with Crippen molar-refractivity contribution >= 4 is 14.1 Å². The normalized spacial score (nSPS) is 16.8. The summed E-state index contributed by atoms with van der Waals surface area (Å²) < 4.78 is 41.5. The van der Waals surface area contributed by atoms with Gasteiger partial charge in [-0.25, -0.2) is 14.3 Å². The first-order valence-electron chi connectivity index (χ1n) is 8.89. The molecule has 11 nitrogen and oxygen atoms in total. The van der Waals surface area contributed by atoms with E-state index in [-0.39, 0.29) is 6.10 Å². The number of hydrogen-bond acceptors (Lipinski definition) is 8. The van der Waals surface area contributed by atoms with E-state index in [1.165, 1.54) is 20.0 Å². The van der Waals surface area contributed by atoms with Gasteiger partial charge in [0.05, 0.1) is 12.7 Å². The Kier molecular flexibility index (Phi) is 10.4. The molecule has 5 atom stereocenters. The summed E-state index contributed by atoms with van der Waals surface area (Å²) >= 11 is 0. The molecule has 0 spiro atoms. The summed E-state index contributed by atoms with van der Waals surface area (Å²) in [5.74, 6) is -0.621. The highest BCUT2D eigenvalue weighted by Gasteiger charge is 2.25. The lowest BCUT2D eigenvalue weighted by Crippen LogP contribution is -2.39. The SMILES string of the molecule is CC(C)OC(=O)[C@H](C)N[PH](=O)OC[C@@H](O[C@H](C)n1ccc(=O)[nH]c1=O)[C@@H](O)CF. The van der Waals surface area contributed by atoms with Gasteiger partial charge in [0.25, 0.3) is 13.7 Å². The number of H-pyrrole nitrogens is 1. The lowest BCUT2D eigenvalue weighted by atomic mass is 10.2. The van der Waals surface area contributed by atoms with Gasteiger partial charge in [0, 0.05) is 12.3 Å². The first-order valence-corrected chi connectivity index (χ1v) is 10.2. The second kappa shape index (κ2) is 12.0. The van der Waals surface area contributed by atoms with Crippen LogP contribution in [0.2, 0.25) is 0 Å². The number of carbonyl (C=O) groups excluding carboxylic acids is 1. The Balaban J connectivity index is 2.69. The largest absolute Gasteiger partial charge is 0.462 e. The van der Waals surface area contributed by atoms with Gasteiger partial charge < -0.3 is 19.1 Å². The van der Waals surface area contributed by atoms with Crippen LogP contribution < -0.4 is 16.3 Å². The lowest BCUT2D eigenvalue weighted by molar-refractivity contribution is -0.149. The van der Waals surface area contributed by atoms with E-state index >= 15 is 0 Å². The lowest BCUT2D eigenvalue weighted by Gasteiger charge is -2.26. The second-order valence-electron chi connectivity index (χ2n) is 6.46. The predicted octanol–water partition coefficient (Wildman–Crippen LogP) is 0.107. The number of aliphatic hydroxyl groups is 1. The van der Waals surface area contributed by atoms with Gasteiger partial charge >= 0.3 is 11.7 Å². The zero-order valence-electron chi connectivity index (χ0n) is 16.6. The average Bonchev–Trinajstić information content (AvgIpc) is 2.63. The van der Waals surface area contributed by atoms with Crippen molar-refractivity contribution in [1.82, 2.24) is 14.6 Å². The number of carbonyl (C=O) groups is 1. The monoisotopic (exact) mass is 439 g/mol. The molecule has 0 amide bonds. The van der Waals surface area contributed by atoms with E-state index in [0.717, 1.165) is 10.6 Å². The van der Waals surface area contributed by atoms with E-state index in [4.69, 9.17) is 14.0 Å². The van der Waals surface area contributed by atoms with Crippen molar-refractivity contribution in [3.63, 3.8) is 0 Å². The number of hydrogen-bond donors (Lipinski definition) is 3. The molecular weight excluding hydrogens is 412 g/mol. The van der Waals surface area contributed by atoms with Crippen molar-refractivity contribution in [2.75, 3.05) is 13.3 Å². The standard InChI is InChI=1S/C16H27FN3O8P/c1-9(2)27-15(23)10(3)19-29(25)26-8-13(12(21)7-17)28-11(4)20-6-5-14(22)18-16(20)24/h5-6,9-13,21,29H,7-8H2,1-4H3,(H,19,25)(H,18,22,24)/t10-,11+,12-,13+/m0/s1. The molecule has 0 saturated carbocycles. The minimum absolute atomic E-state index is 0.342. The minimum Gasteiger partial charge on any atom is -0.462 e. The number of aromatic amines is 1. The number of ether oxygens (including phenoxy) is 2. The van der Waals surface area contributed by atoms with Gasteiger partial charge in [-0.05, 0) is 27.7 Å². The Morgan fingerprint density at radius 1 is 1.34 bits per heavy atom. The number of esters is 1. The van der Waals surface area contributed by atoms with Crippen LogP contribution in [0, 0.1) is 0 Å². The van der Waals surface area contributed by atoms with E-state index in [1.54, 1.807) is 13.8 Å². The zero-order valence-corrected chi connectivity index (χ0v) is 17.6. The van der Waals surface area contributed by atoms with Crippen LogP contribution in [0.25, 0.3) is 0 Å². The molecule has 1 unspecified atom stereocenters. The molecule has 13 heteroatoms. The van der Waals surface area contributed by atoms with Crippen LogP contribution in [0.15, 0.2) is 21.9 Å². The van der Waals surface area contributed by atoms with Gasteiger partial charge in [0.15, 0.2) is 0 Å². The highest BCUT2D eigenvalue weighted by atomic mass is 31.1. The van der Waals surface area contributed by atoms with Crippen molar-refractivity contribution in [1.29, 1.82) is 0 Å². The van der Waals surface area contributed by atoms with Crippen molar-refractivity contribution in [3.8, 4) is 0 Å². The molecule has 0 aliphatic rings. The molecule has 0 bridgehead atoms. The second-order valence-corrected chi connectivity index (χ2v) is 7.62. The van der Waals surface area contributed by atoms with Gasteiger partial charge in [-0.3, -0.25) is 23.7 Å². The first kappa shape index (κ1) is 25.2. The van der Waals surface area contributed by atoms with Gasteiger partial charge in [0.2, 0.25) is 0 Å². The maximum atomic E-state index is 12.9. The molecule has 0 saturated heterocycles. The van der Waals surface area contributed by atoms with Crippen LogP contribution >= 0.6 is 8.18 Å². The molecule has 0 radical (unpaired) electrons. The van der Waals surface area contributed by atoms with Crippen LogP contribution in [0.1, 0.15) is 33.9 Å². The maximum Gasteiger partial charge on any atom is 0.330 e. The number of nitrogens with zero attached hydrogens (tertiary/aromatic N) is 1. The molecule has 29 heavy (non-hydrogen) atoms. The first-order chi connectivity index (χ1) is 13.5. The van der Waals surface area contributed by atoms with E-state index in [2.05, 4.69) is 5.09 Å². The Labute approximate surface area is 167 Å². The van der Waals surface area contributed by atoms with E-state index in [9.17, 15) is 28.4 Å². The number of halogens is 1. The van der Waals surface area contributed by atoms with Crippen LogP contribution in [0.4, 0.5) is 4.39 Å². The summed E-state index contributed by atoms with van der Waals surface area (Å²) in [5.41, 5.74) is -1.36. The number of aliphatic hydroxyl groups excluding tert-OH is 1. The van der Waals surface area contributed by atoms with Crippen LogP contribution in [-0.2, 0) is 23.4 Å². The number of nitrogens with one attached hydrogen (secondary N) is 2. The third kappa shape index (κ3) is 8.58. The third-order valence-corrected chi connectivity index (χ3v) is 4.72. The minimum atomic E-state index is -2.95. The Morgan fingerprint density at radius 3 is 2.55 bits per heavy atom. The average molecular weight is 439 g/mol. The van der Waals surface area contributed by atoms with Crippen LogP contribution in [0.5, 0.6) is 0 Å². The summed E-state index contributed by atoms with van der Waals surface area (Å²) in [4.78, 5) is 36.7. The molecule has 1 rings (SSSR count). The fraction of sp³-hybridized carbons (Fsp3) is 0.688. The van der Waals surface area contributed by atoms with E-state index < -0.39 is 63.2 Å². The van der Waals surface area contributed by atoms with Crippen LogP contribution in [0.3, 0.4) is 0 Å². The highest BCUT2D eigenvalue weighted by molar-refractivity contribution is 7.36. The van der Waals surface area contributed by atoms with Gasteiger partial charge in [-0.1, -0.05) is 0 Å². The quantitative estimate of drug-likeness (QED) is 0.305. The molecule has 166 valence electrons. The van der Waals surface area contributed by atoms with Crippen molar-refractivity contribution < 1.29 is 32.9 Å².